The number of rotatable bonds is 7. The highest BCUT2D eigenvalue weighted by molar-refractivity contribution is 5.95. The second-order valence-corrected chi connectivity index (χ2v) is 6.35. The van der Waals surface area contributed by atoms with Gasteiger partial charge in [-0.25, -0.2) is 10.3 Å². The lowest BCUT2D eigenvalue weighted by Gasteiger charge is -2.22. The summed E-state index contributed by atoms with van der Waals surface area (Å²) in [6.07, 6.45) is 1.48. The molecule has 0 radical (unpaired) electrons. The van der Waals surface area contributed by atoms with Gasteiger partial charge in [0.05, 0.1) is 13.0 Å². The molecule has 2 rings (SSSR count). The Morgan fingerprint density at radius 3 is 2.72 bits per heavy atom. The molecule has 1 aromatic rings. The Morgan fingerprint density at radius 2 is 2.08 bits per heavy atom. The normalized spacial score (nSPS) is 14.5. The fourth-order valence-electron chi connectivity index (χ4n) is 2.51. The first-order valence-electron chi connectivity index (χ1n) is 8.37. The first-order chi connectivity index (χ1) is 11.8. The highest BCUT2D eigenvalue weighted by Gasteiger charge is 2.31. The molecule has 136 valence electrons. The SMILES string of the molecule is CCOC(=O)C(C)(C)ONC(=O)Cc1cccc(N2CCCC2=O)c1. The van der Waals surface area contributed by atoms with E-state index in [2.05, 4.69) is 5.48 Å². The van der Waals surface area contributed by atoms with Crippen molar-refractivity contribution in [3.05, 3.63) is 29.8 Å². The Kier molecular flexibility index (Phi) is 6.14. The molecule has 1 aliphatic heterocycles. The van der Waals surface area contributed by atoms with Gasteiger partial charge >= 0.3 is 5.97 Å². The molecule has 0 unspecified atom stereocenters. The van der Waals surface area contributed by atoms with Gasteiger partial charge in [0, 0.05) is 18.7 Å². The molecule has 25 heavy (non-hydrogen) atoms. The third-order valence-electron chi connectivity index (χ3n) is 3.85. The average molecular weight is 348 g/mol. The minimum atomic E-state index is -1.27. The topological polar surface area (TPSA) is 84.9 Å². The van der Waals surface area contributed by atoms with Crippen LogP contribution in [0.15, 0.2) is 24.3 Å². The van der Waals surface area contributed by atoms with Crippen LogP contribution < -0.4 is 10.4 Å². The molecule has 7 heteroatoms. The number of carbonyl (C=O) groups is 3. The van der Waals surface area contributed by atoms with E-state index in [0.717, 1.165) is 17.7 Å². The summed E-state index contributed by atoms with van der Waals surface area (Å²) < 4.78 is 4.89. The van der Waals surface area contributed by atoms with Gasteiger partial charge in [0.15, 0.2) is 5.60 Å². The lowest BCUT2D eigenvalue weighted by atomic mass is 10.1. The van der Waals surface area contributed by atoms with E-state index in [9.17, 15) is 14.4 Å². The summed E-state index contributed by atoms with van der Waals surface area (Å²) >= 11 is 0. The number of esters is 1. The van der Waals surface area contributed by atoms with Crippen LogP contribution in [0.25, 0.3) is 0 Å². The van der Waals surface area contributed by atoms with Crippen LogP contribution in [-0.4, -0.2) is 36.5 Å². The maximum atomic E-state index is 12.1. The second kappa shape index (κ2) is 8.11. The number of ether oxygens (including phenoxy) is 1. The molecule has 1 aliphatic rings. The summed E-state index contributed by atoms with van der Waals surface area (Å²) in [7, 11) is 0. The van der Waals surface area contributed by atoms with E-state index in [1.165, 1.54) is 13.8 Å². The van der Waals surface area contributed by atoms with Crippen molar-refractivity contribution in [2.24, 2.45) is 0 Å². The molecule has 0 spiro atoms. The van der Waals surface area contributed by atoms with Crippen molar-refractivity contribution in [3.63, 3.8) is 0 Å². The lowest BCUT2D eigenvalue weighted by molar-refractivity contribution is -0.179. The van der Waals surface area contributed by atoms with Gasteiger partial charge in [0.1, 0.15) is 0 Å². The summed E-state index contributed by atoms with van der Waals surface area (Å²) in [5.41, 5.74) is 2.57. The van der Waals surface area contributed by atoms with E-state index < -0.39 is 11.6 Å². The first kappa shape index (κ1) is 18.9. The summed E-state index contributed by atoms with van der Waals surface area (Å²) in [5.74, 6) is -0.840. The minimum absolute atomic E-state index is 0.0782. The Hall–Kier alpha value is -2.41. The molecule has 0 saturated carbocycles. The molecule has 1 heterocycles. The van der Waals surface area contributed by atoms with Gasteiger partial charge in [-0.15, -0.1) is 0 Å². The van der Waals surface area contributed by atoms with E-state index in [4.69, 9.17) is 9.57 Å². The molecule has 0 aromatic heterocycles. The van der Waals surface area contributed by atoms with E-state index in [0.29, 0.717) is 13.0 Å². The Balaban J connectivity index is 1.92. The van der Waals surface area contributed by atoms with Crippen molar-refractivity contribution in [3.8, 4) is 0 Å². The molecular weight excluding hydrogens is 324 g/mol. The van der Waals surface area contributed by atoms with Crippen LogP contribution in [0.4, 0.5) is 5.69 Å². The van der Waals surface area contributed by atoms with Gasteiger partial charge in [-0.3, -0.25) is 14.4 Å². The van der Waals surface area contributed by atoms with Crippen molar-refractivity contribution in [2.45, 2.75) is 45.6 Å². The largest absolute Gasteiger partial charge is 0.464 e. The molecule has 1 saturated heterocycles. The van der Waals surface area contributed by atoms with Crippen LogP contribution in [0.5, 0.6) is 0 Å². The number of carbonyl (C=O) groups excluding carboxylic acids is 3. The van der Waals surface area contributed by atoms with Crippen LogP contribution in [0.3, 0.4) is 0 Å². The van der Waals surface area contributed by atoms with Crippen LogP contribution in [0.2, 0.25) is 0 Å². The van der Waals surface area contributed by atoms with Crippen molar-refractivity contribution < 1.29 is 24.0 Å². The molecule has 0 bridgehead atoms. The van der Waals surface area contributed by atoms with Crippen LogP contribution in [-0.2, 0) is 30.4 Å². The fourth-order valence-corrected chi connectivity index (χ4v) is 2.51. The van der Waals surface area contributed by atoms with E-state index in [1.54, 1.807) is 17.9 Å². The van der Waals surface area contributed by atoms with Gasteiger partial charge in [-0.2, -0.15) is 0 Å². The predicted molar refractivity (Wildman–Crippen MR) is 91.7 cm³/mol. The van der Waals surface area contributed by atoms with Crippen molar-refractivity contribution in [2.75, 3.05) is 18.1 Å². The number of hydrogen-bond donors (Lipinski definition) is 1. The quantitative estimate of drug-likeness (QED) is 0.599. The van der Waals surface area contributed by atoms with Gasteiger partial charge < -0.3 is 9.64 Å². The zero-order chi connectivity index (χ0) is 18.4. The number of hydroxylamine groups is 1. The summed E-state index contributed by atoms with van der Waals surface area (Å²) in [4.78, 5) is 42.5. The molecule has 1 N–H and O–H groups in total. The maximum absolute atomic E-state index is 12.1. The van der Waals surface area contributed by atoms with Gasteiger partial charge in [-0.1, -0.05) is 12.1 Å². The molecule has 0 atom stereocenters. The van der Waals surface area contributed by atoms with Gasteiger partial charge in [-0.05, 0) is 44.9 Å². The van der Waals surface area contributed by atoms with Crippen LogP contribution in [0, 0.1) is 0 Å². The van der Waals surface area contributed by atoms with E-state index >= 15 is 0 Å². The van der Waals surface area contributed by atoms with E-state index in [-0.39, 0.29) is 24.8 Å². The second-order valence-electron chi connectivity index (χ2n) is 6.35. The predicted octanol–water partition coefficient (Wildman–Crippen LogP) is 1.75. The minimum Gasteiger partial charge on any atom is -0.464 e. The zero-order valence-electron chi connectivity index (χ0n) is 14.8. The standard InChI is InChI=1S/C18H24N2O5/c1-4-24-17(23)18(2,3)25-19-15(21)12-13-7-5-8-14(11-13)20-10-6-9-16(20)22/h5,7-8,11H,4,6,9-10,12H2,1-3H3,(H,19,21). The Morgan fingerprint density at radius 1 is 1.32 bits per heavy atom. The monoisotopic (exact) mass is 348 g/mol. The number of anilines is 1. The molecular formula is C18H24N2O5. The molecule has 0 aliphatic carbocycles. The number of hydrogen-bond acceptors (Lipinski definition) is 5. The van der Waals surface area contributed by atoms with Crippen LogP contribution in [0.1, 0.15) is 39.2 Å². The van der Waals surface area contributed by atoms with Crippen molar-refractivity contribution in [1.82, 2.24) is 5.48 Å². The summed E-state index contributed by atoms with van der Waals surface area (Å²) in [6, 6.07) is 7.29. The number of amides is 2. The summed E-state index contributed by atoms with van der Waals surface area (Å²) in [5, 5.41) is 0. The van der Waals surface area contributed by atoms with Crippen molar-refractivity contribution in [1.29, 1.82) is 0 Å². The average Bonchev–Trinajstić information content (AvgIpc) is 3.00. The highest BCUT2D eigenvalue weighted by Crippen LogP contribution is 2.22. The molecule has 1 aromatic carbocycles. The Labute approximate surface area is 147 Å². The van der Waals surface area contributed by atoms with Crippen molar-refractivity contribution >= 4 is 23.5 Å². The lowest BCUT2D eigenvalue weighted by Crippen LogP contribution is -2.43. The molecule has 1 fully saturated rings. The third-order valence-corrected chi connectivity index (χ3v) is 3.85. The van der Waals surface area contributed by atoms with Crippen LogP contribution >= 0.6 is 0 Å². The smallest absolute Gasteiger partial charge is 0.340 e. The van der Waals surface area contributed by atoms with E-state index in [1.807, 2.05) is 18.2 Å². The Bertz CT molecular complexity index is 657. The number of nitrogens with zero attached hydrogens (tertiary/aromatic N) is 1. The number of benzene rings is 1. The zero-order valence-corrected chi connectivity index (χ0v) is 14.8. The fraction of sp³-hybridized carbons (Fsp3) is 0.500. The maximum Gasteiger partial charge on any atom is 0.340 e. The third kappa shape index (κ3) is 5.03. The summed E-state index contributed by atoms with van der Waals surface area (Å²) in [6.45, 7) is 5.67. The highest BCUT2D eigenvalue weighted by atomic mass is 16.7. The number of nitrogens with one attached hydrogen (secondary N) is 1. The molecule has 7 nitrogen and oxygen atoms in total. The molecule has 2 amide bonds. The van der Waals surface area contributed by atoms with Gasteiger partial charge in [0.2, 0.25) is 11.8 Å². The van der Waals surface area contributed by atoms with Gasteiger partial charge in [0.25, 0.3) is 0 Å². The first-order valence-corrected chi connectivity index (χ1v) is 8.37.